The summed E-state index contributed by atoms with van der Waals surface area (Å²) in [6.07, 6.45) is -4.06. The summed E-state index contributed by atoms with van der Waals surface area (Å²) in [5, 5.41) is 11.1. The minimum absolute atomic E-state index is 0.222. The van der Waals surface area contributed by atoms with Gasteiger partial charge in [0.25, 0.3) is 11.8 Å². The number of aliphatic hydroxyl groups excluding tert-OH is 1. The number of amides is 2. The summed E-state index contributed by atoms with van der Waals surface area (Å²) in [7, 11) is 0. The van der Waals surface area contributed by atoms with Gasteiger partial charge in [-0.2, -0.15) is 0 Å². The van der Waals surface area contributed by atoms with E-state index in [1.54, 1.807) is 0 Å². The van der Waals surface area contributed by atoms with Crippen LogP contribution in [0.15, 0.2) is 30.0 Å². The van der Waals surface area contributed by atoms with Crippen molar-refractivity contribution in [1.82, 2.24) is 4.90 Å². The molecular weight excluding hydrogens is 324 g/mol. The molecule has 2 N–H and O–H groups in total. The van der Waals surface area contributed by atoms with E-state index < -0.39 is 36.4 Å². The van der Waals surface area contributed by atoms with E-state index >= 15 is 0 Å². The number of rotatable bonds is 5. The van der Waals surface area contributed by atoms with E-state index in [9.17, 15) is 27.2 Å². The third-order valence-electron chi connectivity index (χ3n) is 2.78. The molecule has 0 spiro atoms. The van der Waals surface area contributed by atoms with Gasteiger partial charge in [0.15, 0.2) is 0 Å². The maximum Gasteiger partial charge on any atom is 0.573 e. The highest BCUT2D eigenvalue weighted by Crippen LogP contribution is 2.27. The molecule has 0 bridgehead atoms. The fraction of sp³-hybridized carbons (Fsp3) is 0.231. The van der Waals surface area contributed by atoms with E-state index in [0.29, 0.717) is 6.07 Å². The summed E-state index contributed by atoms with van der Waals surface area (Å²) >= 11 is 0. The van der Waals surface area contributed by atoms with Gasteiger partial charge in [-0.1, -0.05) is 0 Å². The van der Waals surface area contributed by atoms with Crippen LogP contribution in [0.2, 0.25) is 0 Å². The molecule has 10 heteroatoms. The van der Waals surface area contributed by atoms with Gasteiger partial charge in [-0.15, -0.1) is 13.2 Å². The molecule has 124 valence electrons. The van der Waals surface area contributed by atoms with Crippen LogP contribution in [-0.2, 0) is 9.59 Å². The number of imide groups is 1. The second kappa shape index (κ2) is 6.24. The predicted molar refractivity (Wildman–Crippen MR) is 68.6 cm³/mol. The maximum absolute atomic E-state index is 13.8. The van der Waals surface area contributed by atoms with Crippen molar-refractivity contribution < 1.29 is 37.0 Å². The van der Waals surface area contributed by atoms with Gasteiger partial charge in [-0.25, -0.2) is 4.39 Å². The third kappa shape index (κ3) is 3.97. The number of ether oxygens (including phenoxy) is 1. The number of nitrogens with zero attached hydrogens (tertiary/aromatic N) is 1. The first kappa shape index (κ1) is 16.7. The van der Waals surface area contributed by atoms with Gasteiger partial charge in [-0.05, 0) is 12.1 Å². The van der Waals surface area contributed by atoms with E-state index in [-0.39, 0.29) is 17.9 Å². The molecule has 0 saturated carbocycles. The van der Waals surface area contributed by atoms with Crippen LogP contribution in [0.1, 0.15) is 0 Å². The topological polar surface area (TPSA) is 78.9 Å². The Balaban J connectivity index is 2.14. The maximum atomic E-state index is 13.8. The van der Waals surface area contributed by atoms with Gasteiger partial charge in [0.05, 0.1) is 18.8 Å². The number of benzene rings is 1. The Morgan fingerprint density at radius 1 is 1.26 bits per heavy atom. The number of β-amino-alcohol motifs (C(OH)–C–C–N with tert-alkyl or cyclic N) is 1. The quantitative estimate of drug-likeness (QED) is 0.628. The van der Waals surface area contributed by atoms with E-state index in [1.165, 1.54) is 0 Å². The van der Waals surface area contributed by atoms with Crippen LogP contribution in [0.4, 0.5) is 23.2 Å². The SMILES string of the molecule is O=C1C=C(Nc2ccc(OC(F)(F)F)cc2F)C(=O)N1CCO. The average molecular weight is 334 g/mol. The van der Waals surface area contributed by atoms with Gasteiger partial charge in [0, 0.05) is 12.1 Å². The van der Waals surface area contributed by atoms with Crippen LogP contribution in [-0.4, -0.2) is 41.3 Å². The first-order valence-corrected chi connectivity index (χ1v) is 6.22. The molecule has 6 nitrogen and oxygen atoms in total. The zero-order valence-corrected chi connectivity index (χ0v) is 11.4. The predicted octanol–water partition coefficient (Wildman–Crippen LogP) is 1.38. The van der Waals surface area contributed by atoms with Crippen molar-refractivity contribution >= 4 is 17.5 Å². The Morgan fingerprint density at radius 3 is 2.52 bits per heavy atom. The summed E-state index contributed by atoms with van der Waals surface area (Å²) in [6.45, 7) is -0.656. The van der Waals surface area contributed by atoms with Crippen molar-refractivity contribution in [2.24, 2.45) is 0 Å². The number of halogens is 4. The number of carbonyl (C=O) groups is 2. The molecule has 0 radical (unpaired) electrons. The molecule has 1 aliphatic rings. The van der Waals surface area contributed by atoms with Crippen molar-refractivity contribution in [2.75, 3.05) is 18.5 Å². The van der Waals surface area contributed by atoms with E-state index in [2.05, 4.69) is 10.1 Å². The lowest BCUT2D eigenvalue weighted by molar-refractivity contribution is -0.274. The highest BCUT2D eigenvalue weighted by atomic mass is 19.4. The zero-order chi connectivity index (χ0) is 17.2. The number of hydrogen-bond donors (Lipinski definition) is 2. The molecule has 0 aliphatic carbocycles. The number of nitrogens with one attached hydrogen (secondary N) is 1. The first-order chi connectivity index (χ1) is 10.7. The fourth-order valence-electron chi connectivity index (χ4n) is 1.85. The van der Waals surface area contributed by atoms with Crippen molar-refractivity contribution in [3.63, 3.8) is 0 Å². The van der Waals surface area contributed by atoms with Crippen molar-refractivity contribution in [1.29, 1.82) is 0 Å². The summed E-state index contributed by atoms with van der Waals surface area (Å²) < 4.78 is 53.4. The fourth-order valence-corrected chi connectivity index (χ4v) is 1.85. The number of carbonyl (C=O) groups excluding carboxylic acids is 2. The van der Waals surface area contributed by atoms with Gasteiger partial charge in [-0.3, -0.25) is 14.5 Å². The lowest BCUT2D eigenvalue weighted by Gasteiger charge is -2.14. The molecule has 0 atom stereocenters. The summed E-state index contributed by atoms with van der Waals surface area (Å²) in [4.78, 5) is 24.1. The average Bonchev–Trinajstić information content (AvgIpc) is 2.68. The summed E-state index contributed by atoms with van der Waals surface area (Å²) in [5.74, 6) is -3.33. The normalized spacial score (nSPS) is 15.0. The number of alkyl halides is 3. The van der Waals surface area contributed by atoms with Crippen LogP contribution < -0.4 is 10.1 Å². The lowest BCUT2D eigenvalue weighted by atomic mass is 10.2. The minimum Gasteiger partial charge on any atom is -0.406 e. The highest BCUT2D eigenvalue weighted by molar-refractivity contribution is 6.17. The molecule has 2 amide bonds. The Bertz CT molecular complexity index is 672. The zero-order valence-electron chi connectivity index (χ0n) is 11.4. The Kier molecular flexibility index (Phi) is 4.55. The van der Waals surface area contributed by atoms with Crippen LogP contribution in [0.5, 0.6) is 5.75 Å². The minimum atomic E-state index is -4.96. The molecule has 0 aromatic heterocycles. The number of hydrogen-bond acceptors (Lipinski definition) is 5. The van der Waals surface area contributed by atoms with Crippen LogP contribution in [0, 0.1) is 5.82 Å². The Morgan fingerprint density at radius 2 is 1.96 bits per heavy atom. The van der Waals surface area contributed by atoms with Gasteiger partial charge >= 0.3 is 6.36 Å². The molecule has 1 aromatic carbocycles. The van der Waals surface area contributed by atoms with Crippen LogP contribution in [0.25, 0.3) is 0 Å². The Labute approximate surface area is 126 Å². The largest absolute Gasteiger partial charge is 0.573 e. The van der Waals surface area contributed by atoms with Crippen LogP contribution in [0.3, 0.4) is 0 Å². The Hall–Kier alpha value is -2.62. The second-order valence-electron chi connectivity index (χ2n) is 4.39. The molecule has 1 aliphatic heterocycles. The third-order valence-corrected chi connectivity index (χ3v) is 2.78. The lowest BCUT2D eigenvalue weighted by Crippen LogP contribution is -2.34. The smallest absolute Gasteiger partial charge is 0.406 e. The summed E-state index contributed by atoms with van der Waals surface area (Å²) in [6, 6.07) is 2.28. The van der Waals surface area contributed by atoms with Crippen molar-refractivity contribution in [2.45, 2.75) is 6.36 Å². The molecule has 2 rings (SSSR count). The molecule has 0 unspecified atom stereocenters. The van der Waals surface area contributed by atoms with Crippen molar-refractivity contribution in [3.05, 3.63) is 35.8 Å². The molecule has 0 saturated heterocycles. The standard InChI is InChI=1S/C13H10F4N2O4/c14-8-5-7(23-13(15,16)17)1-2-9(8)18-10-6-11(21)19(3-4-20)12(10)22/h1-2,5-6,18,20H,3-4H2. The molecule has 0 fully saturated rings. The highest BCUT2D eigenvalue weighted by Gasteiger charge is 2.32. The van der Waals surface area contributed by atoms with Crippen molar-refractivity contribution in [3.8, 4) is 5.75 Å². The molecule has 23 heavy (non-hydrogen) atoms. The van der Waals surface area contributed by atoms with Gasteiger partial charge in [0.1, 0.15) is 17.3 Å². The van der Waals surface area contributed by atoms with Gasteiger partial charge in [0.2, 0.25) is 0 Å². The number of anilines is 1. The second-order valence-corrected chi connectivity index (χ2v) is 4.39. The van der Waals surface area contributed by atoms with E-state index in [1.807, 2.05) is 0 Å². The summed E-state index contributed by atoms with van der Waals surface area (Å²) in [5.41, 5.74) is -0.565. The molecule has 1 aromatic rings. The monoisotopic (exact) mass is 334 g/mol. The van der Waals surface area contributed by atoms with E-state index in [4.69, 9.17) is 5.11 Å². The molecular formula is C13H10F4N2O4. The van der Waals surface area contributed by atoms with E-state index in [0.717, 1.165) is 23.1 Å². The van der Waals surface area contributed by atoms with Gasteiger partial charge < -0.3 is 15.2 Å². The number of aliphatic hydroxyl groups is 1. The first-order valence-electron chi connectivity index (χ1n) is 6.22. The molecule has 1 heterocycles. The van der Waals surface area contributed by atoms with Crippen LogP contribution >= 0.6 is 0 Å².